The van der Waals surface area contributed by atoms with Crippen molar-refractivity contribution in [1.82, 2.24) is 19.9 Å². The normalized spacial score (nSPS) is 15.1. The molecule has 1 atom stereocenters. The van der Waals surface area contributed by atoms with E-state index in [1.165, 1.54) is 16.5 Å². The second kappa shape index (κ2) is 9.56. The van der Waals surface area contributed by atoms with Gasteiger partial charge < -0.3 is 15.2 Å². The van der Waals surface area contributed by atoms with Crippen molar-refractivity contribution in [2.75, 3.05) is 30.4 Å². The summed E-state index contributed by atoms with van der Waals surface area (Å²) < 4.78 is 0. The average molecular weight is 436 g/mol. The number of aromatic amines is 1. The van der Waals surface area contributed by atoms with Crippen LogP contribution in [-0.4, -0.2) is 56.9 Å². The fraction of sp³-hybridized carbons (Fsp3) is 0.375. The highest BCUT2D eigenvalue weighted by molar-refractivity contribution is 7.98. The molecule has 1 amide bonds. The van der Waals surface area contributed by atoms with E-state index in [1.807, 2.05) is 30.9 Å². The van der Waals surface area contributed by atoms with Gasteiger partial charge in [-0.05, 0) is 56.4 Å². The molecule has 0 radical (unpaired) electrons. The number of fused-ring (bicyclic) bond motifs is 1. The second-order valence-corrected chi connectivity index (χ2v) is 8.95. The van der Waals surface area contributed by atoms with Crippen molar-refractivity contribution in [2.24, 2.45) is 0 Å². The number of nitrogens with zero attached hydrogens (tertiary/aromatic N) is 3. The van der Waals surface area contributed by atoms with Gasteiger partial charge in [0, 0.05) is 47.1 Å². The summed E-state index contributed by atoms with van der Waals surface area (Å²) in [5.74, 6) is 1.55. The van der Waals surface area contributed by atoms with Gasteiger partial charge in [-0.3, -0.25) is 4.79 Å². The molecule has 6 nitrogen and oxygen atoms in total. The number of carbonyl (C=O) groups is 1. The second-order valence-electron chi connectivity index (χ2n) is 7.96. The molecule has 162 valence electrons. The predicted molar refractivity (Wildman–Crippen MR) is 129 cm³/mol. The van der Waals surface area contributed by atoms with Gasteiger partial charge in [0.15, 0.2) is 0 Å². The smallest absolute Gasteiger partial charge is 0.245 e. The third-order valence-electron chi connectivity index (χ3n) is 5.65. The van der Waals surface area contributed by atoms with E-state index in [1.54, 1.807) is 11.8 Å². The zero-order valence-corrected chi connectivity index (χ0v) is 19.1. The van der Waals surface area contributed by atoms with Crippen molar-refractivity contribution in [3.05, 3.63) is 59.6 Å². The summed E-state index contributed by atoms with van der Waals surface area (Å²) in [5, 5.41) is 4.54. The maximum atomic E-state index is 13.3. The highest BCUT2D eigenvalue weighted by Gasteiger charge is 2.27. The van der Waals surface area contributed by atoms with E-state index in [-0.39, 0.29) is 11.9 Å². The van der Waals surface area contributed by atoms with E-state index in [9.17, 15) is 4.79 Å². The standard InChI is InChI=1S/C24H29N5OS/c1-16-14-17(2)27-24(26-16)28-22(10-13-31-3)23(30)29-11-8-18(9-12-29)20-15-25-21-7-5-4-6-19(20)21/h4-8,14-15,22,25H,9-13H2,1-3H3,(H,26,27,28)/t22-/m1/s1. The molecule has 1 aliphatic heterocycles. The summed E-state index contributed by atoms with van der Waals surface area (Å²) in [6.45, 7) is 5.23. The maximum absolute atomic E-state index is 13.3. The maximum Gasteiger partial charge on any atom is 0.245 e. The van der Waals surface area contributed by atoms with Gasteiger partial charge >= 0.3 is 0 Å². The topological polar surface area (TPSA) is 73.9 Å². The molecule has 4 rings (SSSR count). The number of benzene rings is 1. The molecule has 0 saturated carbocycles. The van der Waals surface area contributed by atoms with Crippen LogP contribution in [0.2, 0.25) is 0 Å². The minimum Gasteiger partial charge on any atom is -0.361 e. The monoisotopic (exact) mass is 435 g/mol. The average Bonchev–Trinajstić information content (AvgIpc) is 3.20. The Labute approximate surface area is 187 Å². The first-order valence-corrected chi connectivity index (χ1v) is 12.1. The first kappa shape index (κ1) is 21.4. The Bertz CT molecular complexity index is 1090. The molecule has 0 aliphatic carbocycles. The molecule has 0 saturated heterocycles. The number of aromatic nitrogens is 3. The number of anilines is 1. The summed E-state index contributed by atoms with van der Waals surface area (Å²) in [6.07, 6.45) is 7.92. The van der Waals surface area contributed by atoms with E-state index in [4.69, 9.17) is 0 Å². The number of aryl methyl sites for hydroxylation is 2. The van der Waals surface area contributed by atoms with Gasteiger partial charge in [-0.2, -0.15) is 11.8 Å². The zero-order chi connectivity index (χ0) is 21.8. The third kappa shape index (κ3) is 4.93. The number of hydrogen-bond donors (Lipinski definition) is 2. The van der Waals surface area contributed by atoms with Crippen molar-refractivity contribution in [3.8, 4) is 0 Å². The SMILES string of the molecule is CSCC[C@@H](Nc1nc(C)cc(C)n1)C(=O)N1CC=C(c2c[nH]c3ccccc23)CC1. The van der Waals surface area contributed by atoms with Crippen LogP contribution < -0.4 is 5.32 Å². The molecule has 2 aromatic heterocycles. The summed E-state index contributed by atoms with van der Waals surface area (Å²) in [5.41, 5.74) is 5.48. The quantitative estimate of drug-likeness (QED) is 0.575. The molecule has 0 unspecified atom stereocenters. The van der Waals surface area contributed by atoms with Gasteiger partial charge in [0.1, 0.15) is 6.04 Å². The number of thioether (sulfide) groups is 1. The van der Waals surface area contributed by atoms with E-state index in [0.29, 0.717) is 12.5 Å². The zero-order valence-electron chi connectivity index (χ0n) is 18.3. The minimum atomic E-state index is -0.323. The Morgan fingerprint density at radius 2 is 2.03 bits per heavy atom. The lowest BCUT2D eigenvalue weighted by Gasteiger charge is -2.30. The number of H-pyrrole nitrogens is 1. The molecule has 1 aliphatic rings. The Morgan fingerprint density at radius 3 is 2.74 bits per heavy atom. The molecular formula is C24H29N5OS. The molecule has 3 aromatic rings. The van der Waals surface area contributed by atoms with Crippen LogP contribution in [0.5, 0.6) is 0 Å². The molecule has 1 aromatic carbocycles. The lowest BCUT2D eigenvalue weighted by Crippen LogP contribution is -2.45. The molecule has 3 heterocycles. The molecule has 7 heteroatoms. The van der Waals surface area contributed by atoms with E-state index >= 15 is 0 Å². The fourth-order valence-corrected chi connectivity index (χ4v) is 4.58. The molecule has 0 fully saturated rings. The van der Waals surface area contributed by atoms with Crippen LogP contribution in [0.25, 0.3) is 16.5 Å². The van der Waals surface area contributed by atoms with Crippen molar-refractivity contribution in [2.45, 2.75) is 32.7 Å². The van der Waals surface area contributed by atoms with Crippen LogP contribution in [0.4, 0.5) is 5.95 Å². The number of hydrogen-bond acceptors (Lipinski definition) is 5. The van der Waals surface area contributed by atoms with Crippen molar-refractivity contribution in [3.63, 3.8) is 0 Å². The van der Waals surface area contributed by atoms with Crippen LogP contribution in [0.3, 0.4) is 0 Å². The van der Waals surface area contributed by atoms with Gasteiger partial charge in [-0.15, -0.1) is 0 Å². The Hall–Kier alpha value is -2.80. The van der Waals surface area contributed by atoms with Crippen LogP contribution >= 0.6 is 11.8 Å². The first-order valence-electron chi connectivity index (χ1n) is 10.7. The summed E-state index contributed by atoms with van der Waals surface area (Å²) in [4.78, 5) is 27.6. The first-order chi connectivity index (χ1) is 15.0. The number of para-hydroxylation sites is 1. The lowest BCUT2D eigenvalue weighted by atomic mass is 9.98. The van der Waals surface area contributed by atoms with E-state index in [2.05, 4.69) is 57.0 Å². The summed E-state index contributed by atoms with van der Waals surface area (Å²) >= 11 is 1.74. The van der Waals surface area contributed by atoms with Crippen LogP contribution in [-0.2, 0) is 4.79 Å². The number of nitrogens with one attached hydrogen (secondary N) is 2. The highest BCUT2D eigenvalue weighted by atomic mass is 32.2. The van der Waals surface area contributed by atoms with Gasteiger partial charge in [-0.1, -0.05) is 24.3 Å². The largest absolute Gasteiger partial charge is 0.361 e. The van der Waals surface area contributed by atoms with E-state index in [0.717, 1.165) is 42.0 Å². The summed E-state index contributed by atoms with van der Waals surface area (Å²) in [7, 11) is 0. The van der Waals surface area contributed by atoms with Crippen molar-refractivity contribution in [1.29, 1.82) is 0 Å². The molecule has 2 N–H and O–H groups in total. The predicted octanol–water partition coefficient (Wildman–Crippen LogP) is 4.42. The molecule has 0 spiro atoms. The Balaban J connectivity index is 1.48. The van der Waals surface area contributed by atoms with Gasteiger partial charge in [0.05, 0.1) is 0 Å². The lowest BCUT2D eigenvalue weighted by molar-refractivity contribution is -0.131. The fourth-order valence-electron chi connectivity index (χ4n) is 4.11. The summed E-state index contributed by atoms with van der Waals surface area (Å²) in [6, 6.07) is 9.96. The van der Waals surface area contributed by atoms with Gasteiger partial charge in [0.2, 0.25) is 11.9 Å². The van der Waals surface area contributed by atoms with Gasteiger partial charge in [0.25, 0.3) is 0 Å². The number of carbonyl (C=O) groups excluding carboxylic acids is 1. The molecular weight excluding hydrogens is 406 g/mol. The van der Waals surface area contributed by atoms with Gasteiger partial charge in [-0.25, -0.2) is 9.97 Å². The highest BCUT2D eigenvalue weighted by Crippen LogP contribution is 2.29. The third-order valence-corrected chi connectivity index (χ3v) is 6.29. The van der Waals surface area contributed by atoms with E-state index < -0.39 is 0 Å². The van der Waals surface area contributed by atoms with Crippen LogP contribution in [0.15, 0.2) is 42.6 Å². The van der Waals surface area contributed by atoms with Crippen LogP contribution in [0.1, 0.15) is 29.8 Å². The number of amides is 1. The minimum absolute atomic E-state index is 0.117. The Morgan fingerprint density at radius 1 is 1.26 bits per heavy atom. The van der Waals surface area contributed by atoms with Crippen LogP contribution in [0, 0.1) is 13.8 Å². The van der Waals surface area contributed by atoms with Crippen molar-refractivity contribution >= 4 is 40.1 Å². The van der Waals surface area contributed by atoms with Crippen molar-refractivity contribution < 1.29 is 4.79 Å². The molecule has 31 heavy (non-hydrogen) atoms. The molecule has 0 bridgehead atoms. The Kier molecular flexibility index (Phi) is 6.61. The number of rotatable bonds is 7.